The maximum absolute atomic E-state index is 14.3. The Bertz CT molecular complexity index is 1110. The van der Waals surface area contributed by atoms with Crippen molar-refractivity contribution in [3.05, 3.63) is 18.1 Å². The van der Waals surface area contributed by atoms with Crippen LogP contribution in [-0.4, -0.2) is 58.8 Å². The minimum absolute atomic E-state index is 0.0246. The second kappa shape index (κ2) is 7.77. The van der Waals surface area contributed by atoms with Gasteiger partial charge in [-0.15, -0.1) is 0 Å². The molecule has 0 aliphatic heterocycles. The van der Waals surface area contributed by atoms with Gasteiger partial charge in [0.1, 0.15) is 16.3 Å². The van der Waals surface area contributed by atoms with Crippen molar-refractivity contribution in [3.8, 4) is 17.5 Å². The average Bonchev–Trinajstić information content (AvgIpc) is 3.08. The number of nitrogens with zero attached hydrogens (tertiary/aromatic N) is 4. The van der Waals surface area contributed by atoms with E-state index in [-0.39, 0.29) is 10.8 Å². The summed E-state index contributed by atoms with van der Waals surface area (Å²) >= 11 is 0. The van der Waals surface area contributed by atoms with Crippen LogP contribution in [0.4, 0.5) is 39.5 Å². The molecule has 0 radical (unpaired) electrons. The number of halogens is 9. The number of hydrogen-bond acceptors (Lipinski definition) is 6. The standard InChI is InChI=1S/C15H13F9N4O3S/c1-4-32(29,30)7-5-26-11(31-3)27-9(7)10-25-6-8(28(10)2)12(16,17)13(18,19)14(20,21)15(22,23)24/h5-6H,4H2,1-3H3. The first kappa shape index (κ1) is 25.7. The summed E-state index contributed by atoms with van der Waals surface area (Å²) in [6.45, 7) is 1.20. The van der Waals surface area contributed by atoms with Crippen LogP contribution in [0.15, 0.2) is 17.3 Å². The molecule has 0 bridgehead atoms. The summed E-state index contributed by atoms with van der Waals surface area (Å²) in [6, 6.07) is -0.500. The Hall–Kier alpha value is -2.59. The normalized spacial score (nSPS) is 14.0. The first-order valence-corrected chi connectivity index (χ1v) is 9.88. The highest BCUT2D eigenvalue weighted by Crippen LogP contribution is 2.56. The smallest absolute Gasteiger partial charge is 0.460 e. The van der Waals surface area contributed by atoms with Gasteiger partial charge in [-0.2, -0.15) is 44.5 Å². The van der Waals surface area contributed by atoms with Crippen LogP contribution in [0.5, 0.6) is 6.01 Å². The van der Waals surface area contributed by atoms with E-state index in [1.807, 2.05) is 0 Å². The SMILES string of the molecule is CCS(=O)(=O)c1cnc(OC)nc1-c1ncc(C(F)(F)C(F)(F)C(F)(F)C(F)(F)F)n1C. The van der Waals surface area contributed by atoms with Gasteiger partial charge in [-0.25, -0.2) is 18.4 Å². The van der Waals surface area contributed by atoms with Crippen LogP contribution in [0.3, 0.4) is 0 Å². The Labute approximate surface area is 174 Å². The highest BCUT2D eigenvalue weighted by atomic mass is 32.2. The van der Waals surface area contributed by atoms with E-state index in [2.05, 4.69) is 19.7 Å². The van der Waals surface area contributed by atoms with Gasteiger partial charge < -0.3 is 9.30 Å². The largest absolute Gasteiger partial charge is 0.467 e. The van der Waals surface area contributed by atoms with E-state index in [0.717, 1.165) is 7.11 Å². The average molecular weight is 500 g/mol. The zero-order chi connectivity index (χ0) is 24.9. The van der Waals surface area contributed by atoms with Crippen LogP contribution >= 0.6 is 0 Å². The molecule has 0 aliphatic carbocycles. The third-order valence-corrected chi connectivity index (χ3v) is 6.03. The van der Waals surface area contributed by atoms with Gasteiger partial charge >= 0.3 is 30.0 Å². The molecule has 0 unspecified atom stereocenters. The fraction of sp³-hybridized carbons (Fsp3) is 0.533. The highest BCUT2D eigenvalue weighted by Gasteiger charge is 2.82. The number of rotatable bonds is 7. The Morgan fingerprint density at radius 2 is 1.53 bits per heavy atom. The summed E-state index contributed by atoms with van der Waals surface area (Å²) in [5.74, 6) is -21.5. The molecule has 0 spiro atoms. The lowest BCUT2D eigenvalue weighted by atomic mass is 10.0. The molecule has 32 heavy (non-hydrogen) atoms. The van der Waals surface area contributed by atoms with Crippen molar-refractivity contribution in [2.75, 3.05) is 12.9 Å². The van der Waals surface area contributed by atoms with E-state index in [1.54, 1.807) is 0 Å². The molecule has 2 rings (SSSR count). The van der Waals surface area contributed by atoms with E-state index in [9.17, 15) is 47.9 Å². The summed E-state index contributed by atoms with van der Waals surface area (Å²) < 4.78 is 149. The molecular formula is C15H13F9N4O3S. The van der Waals surface area contributed by atoms with Crippen LogP contribution < -0.4 is 4.74 Å². The number of methoxy groups -OCH3 is 1. The lowest BCUT2D eigenvalue weighted by molar-refractivity contribution is -0.400. The van der Waals surface area contributed by atoms with E-state index in [1.165, 1.54) is 6.92 Å². The lowest BCUT2D eigenvalue weighted by Gasteiger charge is -2.33. The second-order valence-corrected chi connectivity index (χ2v) is 8.47. The summed E-state index contributed by atoms with van der Waals surface area (Å²) in [7, 11) is -2.53. The highest BCUT2D eigenvalue weighted by molar-refractivity contribution is 7.91. The fourth-order valence-electron chi connectivity index (χ4n) is 2.45. The van der Waals surface area contributed by atoms with Crippen LogP contribution in [0.1, 0.15) is 12.6 Å². The predicted octanol–water partition coefficient (Wildman–Crippen LogP) is 3.60. The minimum atomic E-state index is -7.11. The van der Waals surface area contributed by atoms with Gasteiger partial charge in [0.05, 0.1) is 25.3 Å². The van der Waals surface area contributed by atoms with Gasteiger partial charge in [0, 0.05) is 7.05 Å². The van der Waals surface area contributed by atoms with E-state index in [0.29, 0.717) is 13.2 Å². The molecule has 0 amide bonds. The van der Waals surface area contributed by atoms with Crippen LogP contribution in [-0.2, 0) is 22.8 Å². The van der Waals surface area contributed by atoms with Gasteiger partial charge in [-0.05, 0) is 0 Å². The Morgan fingerprint density at radius 3 is 2.00 bits per heavy atom. The number of ether oxygens (including phenoxy) is 1. The first-order chi connectivity index (χ1) is 14.4. The summed E-state index contributed by atoms with van der Waals surface area (Å²) in [4.78, 5) is 9.77. The van der Waals surface area contributed by atoms with Crippen molar-refractivity contribution in [1.29, 1.82) is 0 Å². The quantitative estimate of drug-likeness (QED) is 0.540. The maximum atomic E-state index is 14.3. The molecule has 7 nitrogen and oxygen atoms in total. The lowest BCUT2D eigenvalue weighted by Crippen LogP contribution is -2.59. The summed E-state index contributed by atoms with van der Waals surface area (Å²) in [6.07, 6.45) is -6.38. The van der Waals surface area contributed by atoms with Gasteiger partial charge in [-0.1, -0.05) is 6.92 Å². The van der Waals surface area contributed by atoms with Gasteiger partial charge in [0.25, 0.3) is 0 Å². The van der Waals surface area contributed by atoms with Crippen molar-refractivity contribution in [2.45, 2.75) is 35.8 Å². The Kier molecular flexibility index (Phi) is 6.23. The van der Waals surface area contributed by atoms with E-state index < -0.39 is 67.7 Å². The molecule has 17 heteroatoms. The monoisotopic (exact) mass is 500 g/mol. The Morgan fingerprint density at radius 1 is 0.969 bits per heavy atom. The van der Waals surface area contributed by atoms with E-state index >= 15 is 0 Å². The zero-order valence-corrected chi connectivity index (χ0v) is 17.0. The molecule has 0 atom stereocenters. The van der Waals surface area contributed by atoms with E-state index in [4.69, 9.17) is 0 Å². The van der Waals surface area contributed by atoms with Crippen LogP contribution in [0.25, 0.3) is 11.5 Å². The van der Waals surface area contributed by atoms with Crippen molar-refractivity contribution < 1.29 is 52.7 Å². The van der Waals surface area contributed by atoms with Crippen LogP contribution in [0.2, 0.25) is 0 Å². The van der Waals surface area contributed by atoms with Gasteiger partial charge in [0.2, 0.25) is 0 Å². The third-order valence-electron chi connectivity index (χ3n) is 4.30. The van der Waals surface area contributed by atoms with Gasteiger partial charge in [0.15, 0.2) is 15.7 Å². The van der Waals surface area contributed by atoms with Crippen molar-refractivity contribution in [2.24, 2.45) is 7.05 Å². The maximum Gasteiger partial charge on any atom is 0.460 e. The molecular weight excluding hydrogens is 487 g/mol. The van der Waals surface area contributed by atoms with Crippen molar-refractivity contribution in [3.63, 3.8) is 0 Å². The molecule has 180 valence electrons. The summed E-state index contributed by atoms with van der Waals surface area (Å²) in [5, 5.41) is 0. The number of aromatic nitrogens is 4. The number of hydrogen-bond donors (Lipinski definition) is 0. The fourth-order valence-corrected chi connectivity index (χ4v) is 3.41. The van der Waals surface area contributed by atoms with Crippen LogP contribution in [0, 0.1) is 0 Å². The first-order valence-electron chi connectivity index (χ1n) is 8.23. The molecule has 0 aromatic carbocycles. The number of alkyl halides is 9. The molecule has 2 aromatic heterocycles. The third kappa shape index (κ3) is 3.75. The molecule has 0 fully saturated rings. The second-order valence-electron chi connectivity index (χ2n) is 6.22. The zero-order valence-electron chi connectivity index (χ0n) is 16.2. The molecule has 0 saturated carbocycles. The van der Waals surface area contributed by atoms with Crippen molar-refractivity contribution in [1.82, 2.24) is 19.5 Å². The summed E-state index contributed by atoms with van der Waals surface area (Å²) in [5.41, 5.74) is -2.78. The molecule has 0 saturated heterocycles. The predicted molar refractivity (Wildman–Crippen MR) is 88.4 cm³/mol. The van der Waals surface area contributed by atoms with Crippen molar-refractivity contribution >= 4 is 9.84 Å². The Balaban J connectivity index is 2.76. The molecule has 2 aromatic rings. The van der Waals surface area contributed by atoms with Gasteiger partial charge in [-0.3, -0.25) is 0 Å². The number of imidazole rings is 1. The number of sulfone groups is 1. The molecule has 2 heterocycles. The molecule has 0 aliphatic rings. The molecule has 0 N–H and O–H groups in total. The topological polar surface area (TPSA) is 87.0 Å². The minimum Gasteiger partial charge on any atom is -0.467 e.